The van der Waals surface area contributed by atoms with Gasteiger partial charge >= 0.3 is 0 Å². The van der Waals surface area contributed by atoms with Gasteiger partial charge in [0.2, 0.25) is 0 Å². The van der Waals surface area contributed by atoms with Gasteiger partial charge < -0.3 is 15.3 Å². The molecule has 3 rings (SSSR count). The van der Waals surface area contributed by atoms with Crippen LogP contribution in [0.2, 0.25) is 0 Å². The molecule has 136 valence electrons. The first kappa shape index (κ1) is 18.7. The number of aliphatic hydroxyl groups is 1. The fraction of sp³-hybridized carbons (Fsp3) is 0.350. The van der Waals surface area contributed by atoms with Crippen molar-refractivity contribution in [3.8, 4) is 6.07 Å². The molecule has 26 heavy (non-hydrogen) atoms. The number of rotatable bonds is 4. The quantitative estimate of drug-likeness (QED) is 0.763. The second kappa shape index (κ2) is 8.07. The van der Waals surface area contributed by atoms with Gasteiger partial charge in [0.1, 0.15) is 5.82 Å². The summed E-state index contributed by atoms with van der Waals surface area (Å²) in [6, 6.07) is 12.2. The van der Waals surface area contributed by atoms with Gasteiger partial charge in [0, 0.05) is 34.5 Å². The van der Waals surface area contributed by atoms with E-state index in [0.717, 1.165) is 47.3 Å². The molecule has 2 N–H and O–H groups in total. The van der Waals surface area contributed by atoms with Crippen LogP contribution in [-0.4, -0.2) is 24.3 Å². The first-order valence-corrected chi connectivity index (χ1v) is 9.46. The molecule has 1 aliphatic heterocycles. The van der Waals surface area contributed by atoms with Crippen molar-refractivity contribution in [1.29, 1.82) is 5.26 Å². The predicted molar refractivity (Wildman–Crippen MR) is 105 cm³/mol. The topological polar surface area (TPSA) is 59.3 Å². The van der Waals surface area contributed by atoms with Crippen LogP contribution in [0.3, 0.4) is 0 Å². The Hall–Kier alpha value is -2.10. The summed E-state index contributed by atoms with van der Waals surface area (Å²) in [6.45, 7) is 3.50. The summed E-state index contributed by atoms with van der Waals surface area (Å²) in [6.07, 6.45) is 1.19. The smallest absolute Gasteiger partial charge is 0.123 e. The van der Waals surface area contributed by atoms with Gasteiger partial charge in [-0.15, -0.1) is 0 Å². The Morgan fingerprint density at radius 1 is 1.27 bits per heavy atom. The molecule has 0 saturated carbocycles. The van der Waals surface area contributed by atoms with Gasteiger partial charge in [0.05, 0.1) is 23.8 Å². The second-order valence-electron chi connectivity index (χ2n) is 6.59. The van der Waals surface area contributed by atoms with Gasteiger partial charge in [-0.1, -0.05) is 0 Å². The first-order valence-electron chi connectivity index (χ1n) is 8.66. The van der Waals surface area contributed by atoms with Crippen molar-refractivity contribution in [1.82, 2.24) is 0 Å². The van der Waals surface area contributed by atoms with E-state index in [9.17, 15) is 9.50 Å². The molecule has 0 aromatic heterocycles. The number of halogens is 2. The van der Waals surface area contributed by atoms with Crippen molar-refractivity contribution >= 4 is 27.3 Å². The van der Waals surface area contributed by atoms with Crippen molar-refractivity contribution < 1.29 is 9.50 Å². The fourth-order valence-corrected chi connectivity index (χ4v) is 3.77. The lowest BCUT2D eigenvalue weighted by Crippen LogP contribution is -2.36. The number of aliphatic hydroxyl groups excluding tert-OH is 1. The molecule has 1 heterocycles. The second-order valence-corrected chi connectivity index (χ2v) is 7.45. The number of piperidine rings is 1. The minimum Gasteiger partial charge on any atom is -0.393 e. The van der Waals surface area contributed by atoms with Crippen LogP contribution in [-0.2, 0) is 0 Å². The summed E-state index contributed by atoms with van der Waals surface area (Å²) in [5.41, 5.74) is 3.29. The first-order chi connectivity index (χ1) is 12.5. The molecule has 2 aromatic rings. The molecule has 1 atom stereocenters. The molecule has 0 spiro atoms. The summed E-state index contributed by atoms with van der Waals surface area (Å²) in [5, 5.41) is 22.1. The minimum atomic E-state index is -0.270. The molecule has 2 aromatic carbocycles. The highest BCUT2D eigenvalue weighted by atomic mass is 79.9. The van der Waals surface area contributed by atoms with Crippen LogP contribution in [0.5, 0.6) is 0 Å². The SMILES string of the molecule is CC(Nc1ccc(C#N)cc1Br)c1cc(F)ccc1N1CCC(O)CC1. The molecular weight excluding hydrogens is 397 g/mol. The third-order valence-electron chi connectivity index (χ3n) is 4.73. The van der Waals surface area contributed by atoms with Gasteiger partial charge in [0.15, 0.2) is 0 Å². The molecule has 1 fully saturated rings. The van der Waals surface area contributed by atoms with Crippen LogP contribution in [0.25, 0.3) is 0 Å². The number of nitrogens with zero attached hydrogens (tertiary/aromatic N) is 2. The molecule has 1 aliphatic rings. The summed E-state index contributed by atoms with van der Waals surface area (Å²) < 4.78 is 14.7. The highest BCUT2D eigenvalue weighted by Gasteiger charge is 2.22. The number of hydrogen-bond donors (Lipinski definition) is 2. The average Bonchev–Trinajstić information content (AvgIpc) is 2.64. The Bertz CT molecular complexity index is 828. The van der Waals surface area contributed by atoms with Crippen LogP contribution < -0.4 is 10.2 Å². The normalized spacial score (nSPS) is 16.2. The van der Waals surface area contributed by atoms with Gasteiger partial charge in [-0.25, -0.2) is 4.39 Å². The number of benzene rings is 2. The van der Waals surface area contributed by atoms with E-state index in [0.29, 0.717) is 5.56 Å². The maximum Gasteiger partial charge on any atom is 0.123 e. The molecule has 6 heteroatoms. The number of anilines is 2. The van der Waals surface area contributed by atoms with E-state index in [4.69, 9.17) is 5.26 Å². The summed E-state index contributed by atoms with van der Waals surface area (Å²) in [5.74, 6) is -0.270. The van der Waals surface area contributed by atoms with Gasteiger partial charge in [-0.3, -0.25) is 0 Å². The monoisotopic (exact) mass is 417 g/mol. The highest BCUT2D eigenvalue weighted by Crippen LogP contribution is 2.33. The fourth-order valence-electron chi connectivity index (χ4n) is 3.28. The van der Waals surface area contributed by atoms with Crippen LogP contribution in [0.15, 0.2) is 40.9 Å². The molecule has 1 unspecified atom stereocenters. The predicted octanol–water partition coefficient (Wildman–Crippen LogP) is 4.59. The summed E-state index contributed by atoms with van der Waals surface area (Å²) in [4.78, 5) is 2.20. The largest absolute Gasteiger partial charge is 0.393 e. The zero-order valence-electron chi connectivity index (χ0n) is 14.5. The summed E-state index contributed by atoms with van der Waals surface area (Å²) >= 11 is 3.48. The van der Waals surface area contributed by atoms with E-state index in [2.05, 4.69) is 32.2 Å². The molecule has 0 amide bonds. The molecular formula is C20H21BrFN3O. The third kappa shape index (κ3) is 4.17. The molecule has 0 radical (unpaired) electrons. The lowest BCUT2D eigenvalue weighted by atomic mass is 10.0. The number of nitrogens with one attached hydrogen (secondary N) is 1. The van der Waals surface area contributed by atoms with E-state index >= 15 is 0 Å². The molecule has 4 nitrogen and oxygen atoms in total. The van der Waals surface area contributed by atoms with Gasteiger partial charge in [-0.05, 0) is 72.1 Å². The van der Waals surface area contributed by atoms with E-state index in [1.807, 2.05) is 19.1 Å². The van der Waals surface area contributed by atoms with Crippen molar-refractivity contribution in [2.45, 2.75) is 31.9 Å². The Morgan fingerprint density at radius 3 is 2.65 bits per heavy atom. The Kier molecular flexibility index (Phi) is 5.80. The standard InChI is InChI=1S/C20H21BrFN3O/c1-13(24-19-4-2-14(12-23)10-18(19)21)17-11-15(22)3-5-20(17)25-8-6-16(26)7-9-25/h2-5,10-11,13,16,24,26H,6-9H2,1H3. The lowest BCUT2D eigenvalue weighted by molar-refractivity contribution is 0.145. The van der Waals surface area contributed by atoms with Crippen LogP contribution >= 0.6 is 15.9 Å². The van der Waals surface area contributed by atoms with Crippen LogP contribution in [0.1, 0.15) is 36.9 Å². The Morgan fingerprint density at radius 2 is 2.00 bits per heavy atom. The average molecular weight is 418 g/mol. The zero-order chi connectivity index (χ0) is 18.7. The van der Waals surface area contributed by atoms with Gasteiger partial charge in [-0.2, -0.15) is 5.26 Å². The number of nitriles is 1. The maximum absolute atomic E-state index is 13.9. The van der Waals surface area contributed by atoms with Crippen molar-refractivity contribution in [3.63, 3.8) is 0 Å². The third-order valence-corrected chi connectivity index (χ3v) is 5.39. The van der Waals surface area contributed by atoms with Crippen LogP contribution in [0.4, 0.5) is 15.8 Å². The Balaban J connectivity index is 1.86. The van der Waals surface area contributed by atoms with E-state index in [1.165, 1.54) is 6.07 Å². The van der Waals surface area contributed by atoms with Crippen molar-refractivity contribution in [2.24, 2.45) is 0 Å². The molecule has 0 aliphatic carbocycles. The number of hydrogen-bond acceptors (Lipinski definition) is 4. The van der Waals surface area contributed by atoms with Crippen LogP contribution in [0, 0.1) is 17.1 Å². The maximum atomic E-state index is 13.9. The highest BCUT2D eigenvalue weighted by molar-refractivity contribution is 9.10. The Labute approximate surface area is 161 Å². The van der Waals surface area contributed by atoms with E-state index in [1.54, 1.807) is 18.2 Å². The van der Waals surface area contributed by atoms with E-state index in [-0.39, 0.29) is 18.0 Å². The lowest BCUT2D eigenvalue weighted by Gasteiger charge is -2.34. The van der Waals surface area contributed by atoms with Crippen molar-refractivity contribution in [3.05, 3.63) is 57.8 Å². The van der Waals surface area contributed by atoms with E-state index < -0.39 is 0 Å². The summed E-state index contributed by atoms with van der Waals surface area (Å²) in [7, 11) is 0. The molecule has 1 saturated heterocycles. The molecule has 0 bridgehead atoms. The van der Waals surface area contributed by atoms with Crippen molar-refractivity contribution in [2.75, 3.05) is 23.3 Å². The minimum absolute atomic E-state index is 0.128. The van der Waals surface area contributed by atoms with Gasteiger partial charge in [0.25, 0.3) is 0 Å². The zero-order valence-corrected chi connectivity index (χ0v) is 16.1.